The van der Waals surface area contributed by atoms with Crippen LogP contribution in [0.2, 0.25) is 0 Å². The summed E-state index contributed by atoms with van der Waals surface area (Å²) in [4.78, 5) is 0. The quantitative estimate of drug-likeness (QED) is 0.659. The number of imidazole rings is 1. The van der Waals surface area contributed by atoms with Gasteiger partial charge in [0.05, 0.1) is 12.6 Å². The molecule has 0 aliphatic carbocycles. The van der Waals surface area contributed by atoms with Gasteiger partial charge in [0.1, 0.15) is 24.1 Å². The van der Waals surface area contributed by atoms with Crippen molar-refractivity contribution in [1.82, 2.24) is 9.13 Å². The molecule has 0 saturated carbocycles. The Hall–Kier alpha value is -1.62. The molecular formula is C22H27FN2O5S. The Morgan fingerprint density at radius 3 is 2.35 bits per heavy atom. The van der Waals surface area contributed by atoms with Gasteiger partial charge in [-0.2, -0.15) is 0 Å². The van der Waals surface area contributed by atoms with Crippen molar-refractivity contribution in [2.24, 2.45) is 0 Å². The van der Waals surface area contributed by atoms with Crippen molar-refractivity contribution < 1.29 is 28.1 Å². The Morgan fingerprint density at radius 2 is 1.71 bits per heavy atom. The summed E-state index contributed by atoms with van der Waals surface area (Å²) in [5.74, 6) is -1.74. The molecule has 0 spiro atoms. The highest BCUT2D eigenvalue weighted by atomic mass is 32.1. The number of fused-ring (bicyclic) bond motifs is 1. The van der Waals surface area contributed by atoms with Crippen LogP contribution < -0.4 is 0 Å². The Balaban J connectivity index is 1.56. The SMILES string of the molecule is Cc1cn([C@H]2[C@H]3OC(C)(C)O[C@H]3O[C@@H]2[C@H]2COC(C)(C)O2)c(=S)n1-c1ccc(F)cc1. The molecular weight excluding hydrogens is 423 g/mol. The van der Waals surface area contributed by atoms with Gasteiger partial charge in [0.15, 0.2) is 22.6 Å². The average molecular weight is 451 g/mol. The van der Waals surface area contributed by atoms with Crippen molar-refractivity contribution in [2.45, 2.75) is 76.8 Å². The zero-order chi connectivity index (χ0) is 22.1. The number of benzene rings is 1. The molecule has 0 unspecified atom stereocenters. The van der Waals surface area contributed by atoms with Gasteiger partial charge in [0.25, 0.3) is 0 Å². The first kappa shape index (κ1) is 21.2. The van der Waals surface area contributed by atoms with E-state index in [2.05, 4.69) is 0 Å². The Kier molecular flexibility index (Phi) is 4.93. The van der Waals surface area contributed by atoms with Crippen LogP contribution in [0, 0.1) is 17.5 Å². The van der Waals surface area contributed by atoms with E-state index in [1.807, 2.05) is 49.9 Å². The molecule has 0 amide bonds. The van der Waals surface area contributed by atoms with Crippen molar-refractivity contribution in [2.75, 3.05) is 6.61 Å². The van der Waals surface area contributed by atoms with Gasteiger partial charge < -0.3 is 28.3 Å². The molecule has 0 N–H and O–H groups in total. The third-order valence-corrected chi connectivity index (χ3v) is 6.34. The van der Waals surface area contributed by atoms with Gasteiger partial charge in [-0.1, -0.05) is 0 Å². The number of nitrogens with zero attached hydrogens (tertiary/aromatic N) is 2. The summed E-state index contributed by atoms with van der Waals surface area (Å²) in [7, 11) is 0. The molecule has 3 saturated heterocycles. The van der Waals surface area contributed by atoms with Crippen LogP contribution in [0.25, 0.3) is 5.69 Å². The van der Waals surface area contributed by atoms with E-state index >= 15 is 0 Å². The molecule has 31 heavy (non-hydrogen) atoms. The summed E-state index contributed by atoms with van der Waals surface area (Å²) in [5.41, 5.74) is 1.71. The van der Waals surface area contributed by atoms with Gasteiger partial charge >= 0.3 is 0 Å². The highest BCUT2D eigenvalue weighted by Crippen LogP contribution is 2.46. The van der Waals surface area contributed by atoms with Gasteiger partial charge in [0, 0.05) is 17.6 Å². The van der Waals surface area contributed by atoms with Crippen LogP contribution in [0.5, 0.6) is 0 Å². The fraction of sp³-hybridized carbons (Fsp3) is 0.591. The molecule has 5 atom stereocenters. The summed E-state index contributed by atoms with van der Waals surface area (Å²) in [6.07, 6.45) is 0.418. The van der Waals surface area contributed by atoms with Gasteiger partial charge in [0.2, 0.25) is 0 Å². The van der Waals surface area contributed by atoms with Crippen LogP contribution in [0.4, 0.5) is 4.39 Å². The Morgan fingerprint density at radius 1 is 1.00 bits per heavy atom. The maximum atomic E-state index is 13.4. The summed E-state index contributed by atoms with van der Waals surface area (Å²) in [5, 5.41) is 0. The van der Waals surface area contributed by atoms with Gasteiger partial charge in [-0.15, -0.1) is 0 Å². The molecule has 3 aliphatic heterocycles. The molecule has 1 aromatic heterocycles. The molecule has 4 heterocycles. The predicted molar refractivity (Wildman–Crippen MR) is 112 cm³/mol. The molecule has 0 radical (unpaired) electrons. The van der Waals surface area contributed by atoms with E-state index in [-0.39, 0.29) is 30.2 Å². The first-order chi connectivity index (χ1) is 14.5. The van der Waals surface area contributed by atoms with Gasteiger partial charge in [-0.05, 0) is 71.1 Å². The second kappa shape index (κ2) is 7.19. The number of rotatable bonds is 3. The maximum absolute atomic E-state index is 13.4. The van der Waals surface area contributed by atoms with Crippen LogP contribution in [0.15, 0.2) is 30.5 Å². The first-order valence-corrected chi connectivity index (χ1v) is 10.8. The van der Waals surface area contributed by atoms with Crippen molar-refractivity contribution in [3.63, 3.8) is 0 Å². The van der Waals surface area contributed by atoms with E-state index in [0.29, 0.717) is 11.4 Å². The fourth-order valence-electron chi connectivity index (χ4n) is 4.72. The largest absolute Gasteiger partial charge is 0.348 e. The topological polar surface area (TPSA) is 56.0 Å². The normalized spacial score (nSPS) is 33.7. The van der Waals surface area contributed by atoms with Gasteiger partial charge in [-0.3, -0.25) is 4.57 Å². The third kappa shape index (κ3) is 3.67. The highest BCUT2D eigenvalue weighted by Gasteiger charge is 2.59. The summed E-state index contributed by atoms with van der Waals surface area (Å²) < 4.78 is 48.4. The molecule has 5 rings (SSSR count). The monoisotopic (exact) mass is 450 g/mol. The second-order valence-corrected chi connectivity index (χ2v) is 9.56. The van der Waals surface area contributed by atoms with E-state index in [0.717, 1.165) is 11.4 Å². The van der Waals surface area contributed by atoms with E-state index in [1.165, 1.54) is 12.1 Å². The molecule has 3 fully saturated rings. The predicted octanol–water partition coefficient (Wildman–Crippen LogP) is 4.02. The summed E-state index contributed by atoms with van der Waals surface area (Å²) in [6.45, 7) is 9.87. The summed E-state index contributed by atoms with van der Waals surface area (Å²) in [6, 6.07) is 5.99. The standard InChI is InChI=1S/C22H27FN2O5S/c1-12-10-24(20(31)25(12)14-8-6-13(23)7-9-14)16-17(15-11-26-21(2,3)28-15)27-19-18(16)29-22(4,5)30-19/h6-10,15-19H,11H2,1-5H3/t15-,16-,17-,18-,19-/m1/s1. The number of hydrogen-bond donors (Lipinski definition) is 0. The number of aromatic nitrogens is 2. The van der Waals surface area contributed by atoms with Crippen LogP contribution in [0.1, 0.15) is 39.4 Å². The lowest BCUT2D eigenvalue weighted by atomic mass is 10.0. The number of aryl methyl sites for hydroxylation is 1. The minimum absolute atomic E-state index is 0.276. The lowest BCUT2D eigenvalue weighted by Gasteiger charge is -2.29. The van der Waals surface area contributed by atoms with Crippen molar-refractivity contribution in [3.8, 4) is 5.69 Å². The van der Waals surface area contributed by atoms with Crippen LogP contribution in [-0.4, -0.2) is 51.9 Å². The lowest BCUT2D eigenvalue weighted by molar-refractivity contribution is -0.225. The van der Waals surface area contributed by atoms with Crippen LogP contribution >= 0.6 is 12.2 Å². The minimum Gasteiger partial charge on any atom is -0.348 e. The zero-order valence-corrected chi connectivity index (χ0v) is 19.0. The van der Waals surface area contributed by atoms with Crippen LogP contribution in [0.3, 0.4) is 0 Å². The Labute approximate surface area is 185 Å². The lowest BCUT2D eigenvalue weighted by Crippen LogP contribution is -2.40. The molecule has 3 aliphatic rings. The Bertz CT molecular complexity index is 1050. The van der Waals surface area contributed by atoms with E-state index in [4.69, 9.17) is 35.9 Å². The number of hydrogen-bond acceptors (Lipinski definition) is 6. The molecule has 7 nitrogen and oxygen atoms in total. The zero-order valence-electron chi connectivity index (χ0n) is 18.2. The molecule has 9 heteroatoms. The van der Waals surface area contributed by atoms with Crippen molar-refractivity contribution in [3.05, 3.63) is 46.7 Å². The number of halogens is 1. The van der Waals surface area contributed by atoms with Crippen molar-refractivity contribution >= 4 is 12.2 Å². The smallest absolute Gasteiger partial charge is 0.189 e. The minimum atomic E-state index is -0.762. The molecule has 0 bridgehead atoms. The van der Waals surface area contributed by atoms with Crippen LogP contribution in [-0.2, 0) is 23.7 Å². The molecule has 168 valence electrons. The van der Waals surface area contributed by atoms with E-state index in [1.54, 1.807) is 12.1 Å². The fourth-order valence-corrected chi connectivity index (χ4v) is 5.14. The molecule has 1 aromatic carbocycles. The number of ether oxygens (including phenoxy) is 5. The second-order valence-electron chi connectivity index (χ2n) is 9.20. The van der Waals surface area contributed by atoms with Gasteiger partial charge in [-0.25, -0.2) is 4.39 Å². The van der Waals surface area contributed by atoms with E-state index < -0.39 is 17.9 Å². The van der Waals surface area contributed by atoms with Crippen molar-refractivity contribution in [1.29, 1.82) is 0 Å². The summed E-state index contributed by atoms with van der Waals surface area (Å²) >= 11 is 5.86. The molecule has 2 aromatic rings. The maximum Gasteiger partial charge on any atom is 0.189 e. The third-order valence-electron chi connectivity index (χ3n) is 5.95. The average Bonchev–Trinajstić information content (AvgIpc) is 3.36. The van der Waals surface area contributed by atoms with E-state index in [9.17, 15) is 4.39 Å². The first-order valence-electron chi connectivity index (χ1n) is 10.4. The highest BCUT2D eigenvalue weighted by molar-refractivity contribution is 7.71.